The molecule has 5 heteroatoms. The van der Waals surface area contributed by atoms with Crippen LogP contribution in [0.4, 0.5) is 0 Å². The third kappa shape index (κ3) is 2.16. The van der Waals surface area contributed by atoms with E-state index in [2.05, 4.69) is 38.8 Å². The third-order valence-electron chi connectivity index (χ3n) is 7.29. The zero-order valence-corrected chi connectivity index (χ0v) is 16.5. The first-order valence-electron chi connectivity index (χ1n) is 9.45. The first-order chi connectivity index (χ1) is 10.7. The maximum atomic E-state index is 7.22. The molecule has 0 aromatic heterocycles. The molecule has 4 fully saturated rings. The van der Waals surface area contributed by atoms with Crippen LogP contribution in [0.2, 0.25) is 18.1 Å². The quantitative estimate of drug-likeness (QED) is 0.720. The number of fused-ring (bicyclic) bond motifs is 6. The SMILES string of the molecule is CC(C)(C)[Si](C)(C)O[C@@]12C[C@@H](CCC13OCCO3)N1CCC[C@@H]12. The molecule has 0 radical (unpaired) electrons. The molecule has 4 aliphatic rings. The van der Waals surface area contributed by atoms with Gasteiger partial charge in [0.1, 0.15) is 5.60 Å². The maximum absolute atomic E-state index is 7.22. The highest BCUT2D eigenvalue weighted by atomic mass is 28.4. The second-order valence-corrected chi connectivity index (χ2v) is 14.2. The Morgan fingerprint density at radius 2 is 1.83 bits per heavy atom. The normalized spacial score (nSPS) is 40.0. The van der Waals surface area contributed by atoms with Crippen LogP contribution >= 0.6 is 0 Å². The van der Waals surface area contributed by atoms with Gasteiger partial charge in [-0.3, -0.25) is 4.90 Å². The van der Waals surface area contributed by atoms with Crippen molar-refractivity contribution in [2.24, 2.45) is 0 Å². The Morgan fingerprint density at radius 1 is 1.13 bits per heavy atom. The van der Waals surface area contributed by atoms with Crippen molar-refractivity contribution < 1.29 is 13.9 Å². The van der Waals surface area contributed by atoms with Crippen molar-refractivity contribution in [2.45, 2.75) is 94.5 Å². The number of ether oxygens (including phenoxy) is 2. The van der Waals surface area contributed by atoms with Crippen LogP contribution in [-0.2, 0) is 13.9 Å². The minimum absolute atomic E-state index is 0.209. The largest absolute Gasteiger partial charge is 0.404 e. The van der Waals surface area contributed by atoms with E-state index in [0.717, 1.165) is 26.1 Å². The minimum Gasteiger partial charge on any atom is -0.404 e. The average molecular weight is 340 g/mol. The molecule has 3 heterocycles. The van der Waals surface area contributed by atoms with Crippen molar-refractivity contribution in [1.29, 1.82) is 0 Å². The molecule has 1 saturated carbocycles. The molecule has 3 atom stereocenters. The first kappa shape index (κ1) is 16.5. The summed E-state index contributed by atoms with van der Waals surface area (Å²) in [6, 6.07) is 1.16. The number of rotatable bonds is 2. The summed E-state index contributed by atoms with van der Waals surface area (Å²) in [5, 5.41) is 0.209. The maximum Gasteiger partial charge on any atom is 0.198 e. The highest BCUT2D eigenvalue weighted by Gasteiger charge is 2.71. The summed E-state index contributed by atoms with van der Waals surface area (Å²) in [6.07, 6.45) is 5.82. The van der Waals surface area contributed by atoms with E-state index in [1.54, 1.807) is 0 Å². The van der Waals surface area contributed by atoms with Crippen molar-refractivity contribution in [3.63, 3.8) is 0 Å². The number of nitrogens with zero attached hydrogens (tertiary/aromatic N) is 1. The van der Waals surface area contributed by atoms with Crippen LogP contribution in [0.3, 0.4) is 0 Å². The van der Waals surface area contributed by atoms with Gasteiger partial charge in [-0.1, -0.05) is 20.8 Å². The topological polar surface area (TPSA) is 30.9 Å². The first-order valence-corrected chi connectivity index (χ1v) is 12.4. The molecule has 4 nitrogen and oxygen atoms in total. The molecule has 0 aromatic carbocycles. The van der Waals surface area contributed by atoms with E-state index in [1.165, 1.54) is 25.8 Å². The molecule has 3 saturated heterocycles. The van der Waals surface area contributed by atoms with E-state index in [9.17, 15) is 0 Å². The van der Waals surface area contributed by atoms with E-state index in [-0.39, 0.29) is 10.6 Å². The van der Waals surface area contributed by atoms with Crippen molar-refractivity contribution in [1.82, 2.24) is 4.90 Å². The Labute approximate surface area is 142 Å². The van der Waals surface area contributed by atoms with Crippen LogP contribution < -0.4 is 0 Å². The molecule has 132 valence electrons. The van der Waals surface area contributed by atoms with Gasteiger partial charge in [-0.25, -0.2) is 0 Å². The van der Waals surface area contributed by atoms with Crippen molar-refractivity contribution in [3.05, 3.63) is 0 Å². The fraction of sp³-hybridized carbons (Fsp3) is 1.00. The summed E-state index contributed by atoms with van der Waals surface area (Å²) in [5.41, 5.74) is -0.244. The molecule has 0 N–H and O–H groups in total. The van der Waals surface area contributed by atoms with Crippen LogP contribution in [0, 0.1) is 0 Å². The van der Waals surface area contributed by atoms with Crippen molar-refractivity contribution >= 4 is 8.32 Å². The van der Waals surface area contributed by atoms with Crippen molar-refractivity contribution in [3.8, 4) is 0 Å². The van der Waals surface area contributed by atoms with Crippen LogP contribution in [0.25, 0.3) is 0 Å². The van der Waals surface area contributed by atoms with Crippen LogP contribution in [-0.4, -0.2) is 56.4 Å². The van der Waals surface area contributed by atoms with Gasteiger partial charge in [-0.2, -0.15) is 0 Å². The van der Waals surface area contributed by atoms with Gasteiger partial charge in [0.25, 0.3) is 0 Å². The third-order valence-corrected chi connectivity index (χ3v) is 11.8. The fourth-order valence-electron chi connectivity index (χ4n) is 5.21. The molecule has 0 amide bonds. The van der Waals surface area contributed by atoms with E-state index in [1.807, 2.05) is 0 Å². The second kappa shape index (κ2) is 5.04. The summed E-state index contributed by atoms with van der Waals surface area (Å²) in [6.45, 7) is 14.4. The van der Waals surface area contributed by atoms with E-state index >= 15 is 0 Å². The van der Waals surface area contributed by atoms with E-state index in [0.29, 0.717) is 12.1 Å². The Hall–Kier alpha value is 0.0569. The van der Waals surface area contributed by atoms with E-state index < -0.39 is 14.1 Å². The second-order valence-electron chi connectivity index (χ2n) is 9.49. The van der Waals surface area contributed by atoms with Crippen LogP contribution in [0.15, 0.2) is 0 Å². The number of hydrogen-bond acceptors (Lipinski definition) is 4. The standard InChI is InChI=1S/C18H33NO3Si/c1-16(2,3)23(4,5)22-17-13-14(19-10-6-7-15(17)19)8-9-18(17)20-11-12-21-18/h14-15H,6-13H2,1-5H3/t14-,15-,17-/m1/s1. The van der Waals surface area contributed by atoms with Gasteiger partial charge >= 0.3 is 0 Å². The lowest BCUT2D eigenvalue weighted by Crippen LogP contribution is -2.67. The summed E-state index contributed by atoms with van der Waals surface area (Å²) >= 11 is 0. The predicted molar refractivity (Wildman–Crippen MR) is 93.0 cm³/mol. The lowest BCUT2D eigenvalue weighted by molar-refractivity contribution is -0.276. The van der Waals surface area contributed by atoms with Gasteiger partial charge < -0.3 is 13.9 Å². The molecular weight excluding hydrogens is 306 g/mol. The van der Waals surface area contributed by atoms with E-state index in [4.69, 9.17) is 13.9 Å². The molecule has 0 unspecified atom stereocenters. The smallest absolute Gasteiger partial charge is 0.198 e. The molecule has 1 spiro atoms. The minimum atomic E-state index is -1.90. The lowest BCUT2D eigenvalue weighted by atomic mass is 9.76. The summed E-state index contributed by atoms with van der Waals surface area (Å²) < 4.78 is 19.9. The van der Waals surface area contributed by atoms with Gasteiger partial charge in [0.05, 0.1) is 13.2 Å². The van der Waals surface area contributed by atoms with Gasteiger partial charge in [0.2, 0.25) is 0 Å². The average Bonchev–Trinajstić information content (AvgIpc) is 3.12. The fourth-order valence-corrected chi connectivity index (χ4v) is 6.81. The Morgan fingerprint density at radius 3 is 2.48 bits per heavy atom. The molecule has 23 heavy (non-hydrogen) atoms. The zero-order chi connectivity index (χ0) is 16.5. The van der Waals surface area contributed by atoms with Gasteiger partial charge in [0.15, 0.2) is 14.1 Å². The Kier molecular flexibility index (Phi) is 3.62. The molecule has 2 bridgehead atoms. The molecule has 3 aliphatic heterocycles. The predicted octanol–water partition coefficient (Wildman–Crippen LogP) is 3.52. The summed E-state index contributed by atoms with van der Waals surface area (Å²) in [4.78, 5) is 2.73. The Bertz CT molecular complexity index is 483. The summed E-state index contributed by atoms with van der Waals surface area (Å²) in [7, 11) is -1.90. The lowest BCUT2D eigenvalue weighted by Gasteiger charge is -2.54. The molecular formula is C18H33NO3Si. The summed E-state index contributed by atoms with van der Waals surface area (Å²) in [5.74, 6) is -0.483. The highest BCUT2D eigenvalue weighted by Crippen LogP contribution is 2.59. The van der Waals surface area contributed by atoms with Gasteiger partial charge in [-0.05, 0) is 50.4 Å². The van der Waals surface area contributed by atoms with Gasteiger partial charge in [-0.15, -0.1) is 0 Å². The molecule has 4 rings (SSSR count). The monoisotopic (exact) mass is 339 g/mol. The number of hydrogen-bond donors (Lipinski definition) is 0. The van der Waals surface area contributed by atoms with Crippen LogP contribution in [0.5, 0.6) is 0 Å². The highest BCUT2D eigenvalue weighted by molar-refractivity contribution is 6.74. The molecule has 0 aromatic rings. The van der Waals surface area contributed by atoms with Crippen molar-refractivity contribution in [2.75, 3.05) is 19.8 Å². The molecule has 1 aliphatic carbocycles. The zero-order valence-electron chi connectivity index (χ0n) is 15.5. The van der Waals surface area contributed by atoms with Gasteiger partial charge in [0, 0.05) is 18.5 Å². The van der Waals surface area contributed by atoms with Crippen LogP contribution in [0.1, 0.15) is 52.9 Å². The Balaban J connectivity index is 1.76.